The van der Waals surface area contributed by atoms with E-state index in [1.165, 1.54) is 6.20 Å². The summed E-state index contributed by atoms with van der Waals surface area (Å²) in [5.74, 6) is -0.627. The highest BCUT2D eigenvalue weighted by Crippen LogP contribution is 2.23. The van der Waals surface area contributed by atoms with E-state index >= 15 is 0 Å². The minimum atomic E-state index is -0.627. The third-order valence-electron chi connectivity index (χ3n) is 2.68. The van der Waals surface area contributed by atoms with Crippen molar-refractivity contribution in [2.45, 2.75) is 13.8 Å². The molecule has 1 heterocycles. The monoisotopic (exact) mass is 265 g/mol. The molecule has 1 N–H and O–H groups in total. The smallest absolute Gasteiger partial charge is 0.343 e. The van der Waals surface area contributed by atoms with Gasteiger partial charge >= 0.3 is 5.97 Å². The van der Waals surface area contributed by atoms with E-state index in [0.717, 1.165) is 5.56 Å². The Morgan fingerprint density at radius 3 is 2.83 bits per heavy atom. The van der Waals surface area contributed by atoms with Crippen molar-refractivity contribution in [2.24, 2.45) is 0 Å². The van der Waals surface area contributed by atoms with Crippen molar-refractivity contribution >= 4 is 28.5 Å². The van der Waals surface area contributed by atoms with Crippen molar-refractivity contribution < 1.29 is 9.53 Å². The summed E-state index contributed by atoms with van der Waals surface area (Å²) in [6, 6.07) is 3.40. The first kappa shape index (κ1) is 12.6. The Balaban J connectivity index is 2.70. The van der Waals surface area contributed by atoms with Gasteiger partial charge in [-0.3, -0.25) is 4.79 Å². The molecule has 4 nitrogen and oxygen atoms in total. The first-order valence-corrected chi connectivity index (χ1v) is 5.91. The Hall–Kier alpha value is -1.81. The standard InChI is InChI=1S/C13H12ClNO3/c1-3-18-13(17)9-6-15-11-8(12(9)16)5-4-7(2)10(11)14/h4-6H,3H2,1-2H3,(H,15,16). The molecule has 0 atom stereocenters. The molecule has 0 aliphatic rings. The van der Waals surface area contributed by atoms with Crippen molar-refractivity contribution in [3.63, 3.8) is 0 Å². The highest BCUT2D eigenvalue weighted by Gasteiger charge is 2.15. The van der Waals surface area contributed by atoms with E-state index in [9.17, 15) is 9.59 Å². The normalized spacial score (nSPS) is 10.6. The van der Waals surface area contributed by atoms with Gasteiger partial charge in [-0.2, -0.15) is 0 Å². The highest BCUT2D eigenvalue weighted by atomic mass is 35.5. The first-order valence-electron chi connectivity index (χ1n) is 5.54. The maximum Gasteiger partial charge on any atom is 0.343 e. The lowest BCUT2D eigenvalue weighted by Gasteiger charge is -2.06. The maximum absolute atomic E-state index is 12.1. The molecule has 0 unspecified atom stereocenters. The van der Waals surface area contributed by atoms with Gasteiger partial charge in [0.25, 0.3) is 0 Å². The molecule has 2 aromatic rings. The molecule has 2 rings (SSSR count). The number of nitrogens with one attached hydrogen (secondary N) is 1. The third kappa shape index (κ3) is 1.99. The second kappa shape index (κ2) is 4.82. The fourth-order valence-corrected chi connectivity index (χ4v) is 1.95. The van der Waals surface area contributed by atoms with Crippen LogP contribution in [0.2, 0.25) is 5.02 Å². The van der Waals surface area contributed by atoms with Crippen LogP contribution in [0.25, 0.3) is 10.9 Å². The van der Waals surface area contributed by atoms with Gasteiger partial charge < -0.3 is 9.72 Å². The molecule has 0 saturated carbocycles. The number of aromatic nitrogens is 1. The van der Waals surface area contributed by atoms with Crippen molar-refractivity contribution in [1.29, 1.82) is 0 Å². The molecule has 0 aliphatic carbocycles. The average Bonchev–Trinajstić information content (AvgIpc) is 2.34. The summed E-state index contributed by atoms with van der Waals surface area (Å²) in [5, 5.41) is 0.871. The van der Waals surface area contributed by atoms with Gasteiger partial charge in [0, 0.05) is 11.6 Å². The van der Waals surface area contributed by atoms with Crippen molar-refractivity contribution in [2.75, 3.05) is 6.61 Å². The quantitative estimate of drug-likeness (QED) is 0.850. The SMILES string of the molecule is CCOC(=O)c1c[nH]c2c(Cl)c(C)ccc2c1=O. The number of hydrogen-bond donors (Lipinski definition) is 1. The summed E-state index contributed by atoms with van der Waals surface area (Å²) in [6.45, 7) is 3.76. The van der Waals surface area contributed by atoms with Crippen LogP contribution in [0.15, 0.2) is 23.1 Å². The zero-order valence-electron chi connectivity index (χ0n) is 10.0. The fourth-order valence-electron chi connectivity index (χ4n) is 1.73. The second-order valence-corrected chi connectivity index (χ2v) is 4.25. The molecule has 1 aromatic carbocycles. The summed E-state index contributed by atoms with van der Waals surface area (Å²) < 4.78 is 4.82. The van der Waals surface area contributed by atoms with Crippen LogP contribution >= 0.6 is 11.6 Å². The Kier molecular flexibility index (Phi) is 3.39. The summed E-state index contributed by atoms with van der Waals surface area (Å²) in [5.41, 5.74) is 1.02. The van der Waals surface area contributed by atoms with Gasteiger partial charge in [-0.05, 0) is 25.5 Å². The van der Waals surface area contributed by atoms with E-state index in [0.29, 0.717) is 15.9 Å². The first-order chi connectivity index (χ1) is 8.56. The maximum atomic E-state index is 12.1. The lowest BCUT2D eigenvalue weighted by Crippen LogP contribution is -2.18. The minimum absolute atomic E-state index is 0.00994. The molecule has 0 radical (unpaired) electrons. The zero-order chi connectivity index (χ0) is 13.3. The van der Waals surface area contributed by atoms with Gasteiger partial charge in [-0.15, -0.1) is 0 Å². The molecule has 0 aliphatic heterocycles. The molecule has 0 saturated heterocycles. The Morgan fingerprint density at radius 2 is 2.17 bits per heavy atom. The summed E-state index contributed by atoms with van der Waals surface area (Å²) in [4.78, 5) is 26.6. The molecular weight excluding hydrogens is 254 g/mol. The van der Waals surface area contributed by atoms with E-state index in [2.05, 4.69) is 4.98 Å². The number of ether oxygens (including phenoxy) is 1. The summed E-state index contributed by atoms with van der Waals surface area (Å²) in [7, 11) is 0. The van der Waals surface area contributed by atoms with E-state index in [1.807, 2.05) is 6.92 Å². The number of fused-ring (bicyclic) bond motifs is 1. The average molecular weight is 266 g/mol. The predicted octanol–water partition coefficient (Wildman–Crippen LogP) is 2.67. The molecule has 0 amide bonds. The van der Waals surface area contributed by atoms with E-state index in [4.69, 9.17) is 16.3 Å². The number of pyridine rings is 1. The van der Waals surface area contributed by atoms with Crippen LogP contribution in [0.1, 0.15) is 22.8 Å². The van der Waals surface area contributed by atoms with Gasteiger partial charge in [-0.1, -0.05) is 17.7 Å². The Labute approximate surface area is 109 Å². The van der Waals surface area contributed by atoms with Gasteiger partial charge in [-0.25, -0.2) is 4.79 Å². The number of aryl methyl sites for hydroxylation is 1. The highest BCUT2D eigenvalue weighted by molar-refractivity contribution is 6.35. The van der Waals surface area contributed by atoms with Gasteiger partial charge in [0.1, 0.15) is 5.56 Å². The lowest BCUT2D eigenvalue weighted by molar-refractivity contribution is 0.0524. The van der Waals surface area contributed by atoms with Crippen LogP contribution in [0, 0.1) is 6.92 Å². The molecule has 0 spiro atoms. The number of esters is 1. The van der Waals surface area contributed by atoms with E-state index in [-0.39, 0.29) is 17.6 Å². The van der Waals surface area contributed by atoms with Crippen molar-refractivity contribution in [1.82, 2.24) is 4.98 Å². The molecule has 18 heavy (non-hydrogen) atoms. The van der Waals surface area contributed by atoms with Gasteiger partial charge in [0.05, 0.1) is 17.1 Å². The predicted molar refractivity (Wildman–Crippen MR) is 70.3 cm³/mol. The summed E-state index contributed by atoms with van der Waals surface area (Å²) >= 11 is 6.10. The number of halogens is 1. The number of aromatic amines is 1. The molecule has 1 aromatic heterocycles. The number of rotatable bonds is 2. The topological polar surface area (TPSA) is 59.2 Å². The van der Waals surface area contributed by atoms with Gasteiger partial charge in [0.2, 0.25) is 5.43 Å². The fraction of sp³-hybridized carbons (Fsp3) is 0.231. The molecule has 5 heteroatoms. The second-order valence-electron chi connectivity index (χ2n) is 3.87. The van der Waals surface area contributed by atoms with Crippen LogP contribution in [0.5, 0.6) is 0 Å². The Bertz CT molecular complexity index is 676. The molecule has 0 bridgehead atoms. The minimum Gasteiger partial charge on any atom is -0.462 e. The Morgan fingerprint density at radius 1 is 1.44 bits per heavy atom. The van der Waals surface area contributed by atoms with Crippen LogP contribution < -0.4 is 5.43 Å². The van der Waals surface area contributed by atoms with Crippen LogP contribution in [-0.2, 0) is 4.74 Å². The molecule has 94 valence electrons. The van der Waals surface area contributed by atoms with E-state index < -0.39 is 5.97 Å². The molecule has 0 fully saturated rings. The lowest BCUT2D eigenvalue weighted by atomic mass is 10.1. The number of H-pyrrole nitrogens is 1. The number of benzene rings is 1. The largest absolute Gasteiger partial charge is 0.462 e. The molecular formula is C13H12ClNO3. The van der Waals surface area contributed by atoms with Crippen molar-refractivity contribution in [3.8, 4) is 0 Å². The zero-order valence-corrected chi connectivity index (χ0v) is 10.8. The van der Waals surface area contributed by atoms with Gasteiger partial charge in [0.15, 0.2) is 0 Å². The summed E-state index contributed by atoms with van der Waals surface area (Å²) in [6.07, 6.45) is 1.34. The third-order valence-corrected chi connectivity index (χ3v) is 3.17. The van der Waals surface area contributed by atoms with Crippen molar-refractivity contribution in [3.05, 3.63) is 44.7 Å². The number of carbonyl (C=O) groups is 1. The van der Waals surface area contributed by atoms with Crippen LogP contribution in [-0.4, -0.2) is 17.6 Å². The number of hydrogen-bond acceptors (Lipinski definition) is 3. The number of carbonyl (C=O) groups excluding carboxylic acids is 1. The van der Waals surface area contributed by atoms with E-state index in [1.54, 1.807) is 19.1 Å². The van der Waals surface area contributed by atoms with Crippen LogP contribution in [0.3, 0.4) is 0 Å². The van der Waals surface area contributed by atoms with Crippen LogP contribution in [0.4, 0.5) is 0 Å².